The second-order valence-electron chi connectivity index (χ2n) is 9.48. The topological polar surface area (TPSA) is 90.0 Å². The van der Waals surface area contributed by atoms with Crippen molar-refractivity contribution in [3.05, 3.63) is 93.5 Å². The van der Waals surface area contributed by atoms with Gasteiger partial charge in [0.15, 0.2) is 0 Å². The molecule has 1 amide bonds. The van der Waals surface area contributed by atoms with Crippen molar-refractivity contribution in [1.29, 1.82) is 0 Å². The zero-order valence-electron chi connectivity index (χ0n) is 20.1. The number of nitrogens with zero attached hydrogens (tertiary/aromatic N) is 3. The van der Waals surface area contributed by atoms with E-state index >= 15 is 0 Å². The molecule has 0 radical (unpaired) electrons. The Bertz CT molecular complexity index is 1890. The number of rotatable bonds is 3. The third-order valence-corrected chi connectivity index (χ3v) is 7.98. The van der Waals surface area contributed by atoms with E-state index in [0.717, 1.165) is 39.5 Å². The van der Waals surface area contributed by atoms with Crippen molar-refractivity contribution < 1.29 is 9.21 Å². The lowest BCUT2D eigenvalue weighted by Crippen LogP contribution is -2.22. The van der Waals surface area contributed by atoms with Crippen LogP contribution in [0.1, 0.15) is 40.0 Å². The van der Waals surface area contributed by atoms with Crippen LogP contribution in [-0.2, 0) is 12.8 Å². The standard InChI is InChI=1S/C29H22N4O3S/c1-16-12-26(33(32-16)29-30-23-13-18-7-2-3-8-19(18)14-25(23)37-29)31-27(34)22-15-21-20-9-5-4-6-17(20)10-11-24(21)36-28(22)35/h4-6,9-15H,2-3,7-8H2,1H3,(H,31,34). The largest absolute Gasteiger partial charge is 0.422 e. The Balaban J connectivity index is 1.27. The summed E-state index contributed by atoms with van der Waals surface area (Å²) in [7, 11) is 0. The Morgan fingerprint density at radius 3 is 2.68 bits per heavy atom. The van der Waals surface area contributed by atoms with Crippen LogP contribution in [0.5, 0.6) is 0 Å². The number of thiazole rings is 1. The number of fused-ring (bicyclic) bond motifs is 5. The maximum absolute atomic E-state index is 13.3. The molecular weight excluding hydrogens is 484 g/mol. The molecular formula is C29H22N4O3S. The van der Waals surface area contributed by atoms with Crippen molar-refractivity contribution in [2.45, 2.75) is 32.6 Å². The van der Waals surface area contributed by atoms with E-state index in [9.17, 15) is 9.59 Å². The monoisotopic (exact) mass is 506 g/mol. The number of hydrogen-bond acceptors (Lipinski definition) is 6. The highest BCUT2D eigenvalue weighted by molar-refractivity contribution is 7.20. The normalized spacial score (nSPS) is 13.3. The number of benzene rings is 3. The number of carbonyl (C=O) groups excluding carboxylic acids is 1. The minimum Gasteiger partial charge on any atom is -0.422 e. The van der Waals surface area contributed by atoms with Gasteiger partial charge in [-0.1, -0.05) is 41.7 Å². The summed E-state index contributed by atoms with van der Waals surface area (Å²) < 4.78 is 8.25. The summed E-state index contributed by atoms with van der Waals surface area (Å²) in [6, 6.07) is 19.2. The van der Waals surface area contributed by atoms with Crippen molar-refractivity contribution in [1.82, 2.24) is 14.8 Å². The number of nitrogens with one attached hydrogen (secondary N) is 1. The van der Waals surface area contributed by atoms with Gasteiger partial charge in [-0.3, -0.25) is 4.79 Å². The summed E-state index contributed by atoms with van der Waals surface area (Å²) in [4.78, 5) is 30.9. The van der Waals surface area contributed by atoms with E-state index < -0.39 is 11.5 Å². The first-order valence-corrected chi connectivity index (χ1v) is 13.1. The number of carbonyl (C=O) groups is 1. The molecule has 182 valence electrons. The van der Waals surface area contributed by atoms with Gasteiger partial charge < -0.3 is 9.73 Å². The van der Waals surface area contributed by atoms with Crippen LogP contribution in [-0.4, -0.2) is 20.7 Å². The molecule has 0 unspecified atom stereocenters. The molecule has 1 N–H and O–H groups in total. The second-order valence-corrected chi connectivity index (χ2v) is 10.5. The number of aryl methyl sites for hydroxylation is 3. The van der Waals surface area contributed by atoms with Crippen molar-refractivity contribution >= 4 is 55.0 Å². The van der Waals surface area contributed by atoms with E-state index in [1.165, 1.54) is 35.3 Å². The number of hydrogen-bond donors (Lipinski definition) is 1. The highest BCUT2D eigenvalue weighted by Crippen LogP contribution is 2.32. The van der Waals surface area contributed by atoms with Gasteiger partial charge in [-0.25, -0.2) is 9.78 Å². The molecule has 0 aliphatic heterocycles. The van der Waals surface area contributed by atoms with Crippen LogP contribution in [0.15, 0.2) is 69.9 Å². The summed E-state index contributed by atoms with van der Waals surface area (Å²) in [5, 5.41) is 10.7. The minimum absolute atomic E-state index is 0.0637. The van der Waals surface area contributed by atoms with Crippen molar-refractivity contribution in [2.75, 3.05) is 5.32 Å². The maximum Gasteiger partial charge on any atom is 0.349 e. The van der Waals surface area contributed by atoms with Crippen molar-refractivity contribution in [3.8, 4) is 5.13 Å². The molecule has 0 saturated heterocycles. The van der Waals surface area contributed by atoms with E-state index in [-0.39, 0.29) is 5.56 Å². The van der Waals surface area contributed by atoms with E-state index in [2.05, 4.69) is 22.5 Å². The Hall–Kier alpha value is -4.30. The van der Waals surface area contributed by atoms with E-state index in [1.807, 2.05) is 37.3 Å². The molecule has 6 aromatic rings. The third-order valence-electron chi connectivity index (χ3n) is 6.98. The predicted molar refractivity (Wildman–Crippen MR) is 146 cm³/mol. The van der Waals surface area contributed by atoms with Gasteiger partial charge in [0.25, 0.3) is 5.91 Å². The SMILES string of the molecule is Cc1cc(NC(=O)c2cc3c(ccc4ccccc43)oc2=O)n(-c2nc3cc4c(cc3s2)CCCC4)n1. The lowest BCUT2D eigenvalue weighted by Gasteiger charge is -2.14. The van der Waals surface area contributed by atoms with Crippen molar-refractivity contribution in [2.24, 2.45) is 0 Å². The lowest BCUT2D eigenvalue weighted by atomic mass is 9.92. The summed E-state index contributed by atoms with van der Waals surface area (Å²) >= 11 is 1.54. The highest BCUT2D eigenvalue weighted by Gasteiger charge is 2.20. The molecule has 1 aliphatic carbocycles. The van der Waals surface area contributed by atoms with Crippen molar-refractivity contribution in [3.63, 3.8) is 0 Å². The van der Waals surface area contributed by atoms with Gasteiger partial charge in [0.05, 0.1) is 15.9 Å². The molecule has 0 atom stereocenters. The first-order chi connectivity index (χ1) is 18.0. The third kappa shape index (κ3) is 3.72. The summed E-state index contributed by atoms with van der Waals surface area (Å²) in [5.74, 6) is -0.106. The Morgan fingerprint density at radius 1 is 1.00 bits per heavy atom. The molecule has 0 fully saturated rings. The Kier molecular flexibility index (Phi) is 4.97. The van der Waals surface area contributed by atoms with Gasteiger partial charge in [0.1, 0.15) is 17.0 Å². The van der Waals surface area contributed by atoms with Crippen LogP contribution in [0.2, 0.25) is 0 Å². The fraction of sp³-hybridized carbons (Fsp3) is 0.172. The van der Waals surface area contributed by atoms with Gasteiger partial charge in [-0.2, -0.15) is 9.78 Å². The van der Waals surface area contributed by atoms with Crippen LogP contribution >= 0.6 is 11.3 Å². The Labute approximate surface area is 215 Å². The molecule has 8 heteroatoms. The second kappa shape index (κ2) is 8.38. The zero-order chi connectivity index (χ0) is 25.1. The number of aromatic nitrogens is 3. The maximum atomic E-state index is 13.3. The first kappa shape index (κ1) is 21.9. The van der Waals surface area contributed by atoms with E-state index in [0.29, 0.717) is 21.9 Å². The first-order valence-electron chi connectivity index (χ1n) is 12.3. The minimum atomic E-state index is -0.686. The van der Waals surface area contributed by atoms with Crippen LogP contribution in [0.25, 0.3) is 37.1 Å². The lowest BCUT2D eigenvalue weighted by molar-refractivity contribution is 0.102. The molecule has 37 heavy (non-hydrogen) atoms. The fourth-order valence-electron chi connectivity index (χ4n) is 5.18. The molecule has 0 saturated carbocycles. The van der Waals surface area contributed by atoms with Gasteiger partial charge in [-0.15, -0.1) is 0 Å². The molecule has 0 bridgehead atoms. The smallest absolute Gasteiger partial charge is 0.349 e. The zero-order valence-corrected chi connectivity index (χ0v) is 20.9. The van der Waals surface area contributed by atoms with E-state index in [1.54, 1.807) is 22.9 Å². The molecule has 3 aromatic heterocycles. The number of amides is 1. The van der Waals surface area contributed by atoms with Gasteiger partial charge in [0, 0.05) is 11.5 Å². The molecule has 3 aromatic carbocycles. The van der Waals surface area contributed by atoms with Gasteiger partial charge in [0.2, 0.25) is 5.13 Å². The fourth-order valence-corrected chi connectivity index (χ4v) is 6.16. The quantitative estimate of drug-likeness (QED) is 0.229. The van der Waals surface area contributed by atoms with Gasteiger partial charge in [-0.05, 0) is 78.8 Å². The molecule has 0 spiro atoms. The summed E-state index contributed by atoms with van der Waals surface area (Å²) in [5.41, 5.74) is 4.13. The Morgan fingerprint density at radius 2 is 1.81 bits per heavy atom. The molecule has 7 rings (SSSR count). The number of anilines is 1. The summed E-state index contributed by atoms with van der Waals surface area (Å²) in [6.07, 6.45) is 4.62. The predicted octanol–water partition coefficient (Wildman–Crippen LogP) is 6.18. The molecule has 1 aliphatic rings. The average molecular weight is 507 g/mol. The summed E-state index contributed by atoms with van der Waals surface area (Å²) in [6.45, 7) is 1.86. The van der Waals surface area contributed by atoms with Crippen LogP contribution in [0, 0.1) is 6.92 Å². The average Bonchev–Trinajstić information content (AvgIpc) is 3.48. The highest BCUT2D eigenvalue weighted by atomic mass is 32.1. The van der Waals surface area contributed by atoms with Crippen LogP contribution in [0.3, 0.4) is 0 Å². The van der Waals surface area contributed by atoms with Crippen LogP contribution < -0.4 is 10.9 Å². The molecule has 3 heterocycles. The molecule has 7 nitrogen and oxygen atoms in total. The van der Waals surface area contributed by atoms with Crippen LogP contribution in [0.4, 0.5) is 5.82 Å². The van der Waals surface area contributed by atoms with Gasteiger partial charge >= 0.3 is 5.63 Å². The van der Waals surface area contributed by atoms with E-state index in [4.69, 9.17) is 9.40 Å².